The molecule has 11 heteroatoms. The second-order valence-corrected chi connectivity index (χ2v) is 11.5. The lowest BCUT2D eigenvalue weighted by molar-refractivity contribution is -0.126. The molecule has 9 nitrogen and oxygen atoms in total. The molecule has 4 rings (SSSR count). The van der Waals surface area contributed by atoms with E-state index >= 15 is 0 Å². The molecular weight excluding hydrogens is 476 g/mol. The number of hydrogen-bond acceptors (Lipinski definition) is 6. The normalized spacial score (nSPS) is 17.8. The summed E-state index contributed by atoms with van der Waals surface area (Å²) in [5, 5.41) is 2.74. The lowest BCUT2D eigenvalue weighted by Crippen LogP contribution is -2.61. The molecule has 2 aromatic carbocycles. The Morgan fingerprint density at radius 3 is 1.97 bits per heavy atom. The van der Waals surface area contributed by atoms with Crippen LogP contribution in [0.4, 0.5) is 0 Å². The molecule has 34 heavy (non-hydrogen) atoms. The highest BCUT2D eigenvalue weighted by Crippen LogP contribution is 2.25. The largest absolute Gasteiger partial charge is 0.351 e. The Balaban J connectivity index is 1.63. The van der Waals surface area contributed by atoms with Gasteiger partial charge in [0.1, 0.15) is 6.04 Å². The van der Waals surface area contributed by atoms with E-state index in [0.717, 1.165) is 14.2 Å². The van der Waals surface area contributed by atoms with Gasteiger partial charge in [-0.15, -0.1) is 0 Å². The van der Waals surface area contributed by atoms with E-state index in [-0.39, 0.29) is 36.0 Å². The average Bonchev–Trinajstić information content (AvgIpc) is 2.88. The number of nitrogens with one attached hydrogen (secondary N) is 1. The number of nitrogens with zero attached hydrogens (tertiary/aromatic N) is 3. The lowest BCUT2D eigenvalue weighted by Gasteiger charge is -2.38. The van der Waals surface area contributed by atoms with Crippen molar-refractivity contribution in [3.8, 4) is 0 Å². The first-order valence-electron chi connectivity index (χ1n) is 10.6. The van der Waals surface area contributed by atoms with E-state index < -0.39 is 32.0 Å². The van der Waals surface area contributed by atoms with Crippen LogP contribution in [-0.2, 0) is 31.4 Å². The topological polar surface area (TPSA) is 117 Å². The monoisotopic (exact) mass is 500 g/mol. The summed E-state index contributed by atoms with van der Waals surface area (Å²) in [4.78, 5) is 17.3. The Morgan fingerprint density at radius 2 is 1.38 bits per heavy atom. The molecule has 3 aromatic rings. The highest BCUT2D eigenvalue weighted by atomic mass is 32.2. The van der Waals surface area contributed by atoms with E-state index in [9.17, 15) is 21.6 Å². The Labute approximate surface area is 199 Å². The first kappa shape index (κ1) is 24.0. The van der Waals surface area contributed by atoms with Gasteiger partial charge >= 0.3 is 0 Å². The molecule has 1 amide bonds. The molecule has 0 bridgehead atoms. The molecule has 0 unspecified atom stereocenters. The van der Waals surface area contributed by atoms with Crippen LogP contribution in [0.25, 0.3) is 0 Å². The Hall–Kier alpha value is -3.12. The molecule has 0 spiro atoms. The minimum Gasteiger partial charge on any atom is -0.351 e. The SMILES string of the molecule is O=C(NCc1ccncc1)[C@H]1CN(S(=O)(=O)c2ccccc2)CCN1S(=O)(=O)c1ccccc1. The van der Waals surface area contributed by atoms with Crippen molar-refractivity contribution in [3.63, 3.8) is 0 Å². The number of carbonyl (C=O) groups is 1. The molecule has 0 saturated carbocycles. The molecule has 2 heterocycles. The predicted octanol–water partition coefficient (Wildman–Crippen LogP) is 1.46. The van der Waals surface area contributed by atoms with Gasteiger partial charge in [-0.3, -0.25) is 9.78 Å². The van der Waals surface area contributed by atoms with E-state index in [2.05, 4.69) is 10.3 Å². The van der Waals surface area contributed by atoms with Crippen LogP contribution in [-0.4, -0.2) is 62.0 Å². The average molecular weight is 501 g/mol. The summed E-state index contributed by atoms with van der Waals surface area (Å²) in [6.45, 7) is -0.373. The molecule has 0 radical (unpaired) electrons. The molecule has 1 aromatic heterocycles. The second-order valence-electron chi connectivity index (χ2n) is 7.69. The zero-order valence-electron chi connectivity index (χ0n) is 18.2. The maximum atomic E-state index is 13.4. The smallest absolute Gasteiger partial charge is 0.243 e. The minimum absolute atomic E-state index is 0.0429. The number of carbonyl (C=O) groups excluding carboxylic acids is 1. The van der Waals surface area contributed by atoms with Crippen LogP contribution in [0, 0.1) is 0 Å². The zero-order chi connectivity index (χ0) is 24.2. The number of benzene rings is 2. The fourth-order valence-corrected chi connectivity index (χ4v) is 6.79. The predicted molar refractivity (Wildman–Crippen MR) is 125 cm³/mol. The van der Waals surface area contributed by atoms with E-state index in [0.29, 0.717) is 0 Å². The van der Waals surface area contributed by atoms with Gasteiger partial charge in [0.25, 0.3) is 0 Å². The van der Waals surface area contributed by atoms with Crippen LogP contribution in [0.2, 0.25) is 0 Å². The van der Waals surface area contributed by atoms with Gasteiger partial charge in [0, 0.05) is 38.6 Å². The summed E-state index contributed by atoms with van der Waals surface area (Å²) in [7, 11) is -7.94. The molecule has 1 aliphatic rings. The van der Waals surface area contributed by atoms with Crippen LogP contribution < -0.4 is 5.32 Å². The third kappa shape index (κ3) is 5.02. The molecule has 1 saturated heterocycles. The quantitative estimate of drug-likeness (QED) is 0.525. The van der Waals surface area contributed by atoms with Crippen LogP contribution in [0.3, 0.4) is 0 Å². The maximum Gasteiger partial charge on any atom is 0.243 e. The molecule has 178 valence electrons. The van der Waals surface area contributed by atoms with Crippen LogP contribution >= 0.6 is 0 Å². The summed E-state index contributed by atoms with van der Waals surface area (Å²) in [5.74, 6) is -0.579. The van der Waals surface area contributed by atoms with Crippen LogP contribution in [0.15, 0.2) is 95.0 Å². The summed E-state index contributed by atoms with van der Waals surface area (Å²) in [6.07, 6.45) is 3.17. The zero-order valence-corrected chi connectivity index (χ0v) is 19.8. The van der Waals surface area contributed by atoms with Crippen molar-refractivity contribution < 1.29 is 21.6 Å². The molecule has 1 N–H and O–H groups in total. The van der Waals surface area contributed by atoms with Gasteiger partial charge in [0.2, 0.25) is 26.0 Å². The third-order valence-corrected chi connectivity index (χ3v) is 9.35. The van der Waals surface area contributed by atoms with Crippen molar-refractivity contribution in [1.82, 2.24) is 18.9 Å². The van der Waals surface area contributed by atoms with E-state index in [1.165, 1.54) is 24.3 Å². The van der Waals surface area contributed by atoms with Gasteiger partial charge in [0.05, 0.1) is 9.79 Å². The third-order valence-electron chi connectivity index (χ3n) is 5.54. The first-order chi connectivity index (χ1) is 16.3. The van der Waals surface area contributed by atoms with Crippen molar-refractivity contribution >= 4 is 26.0 Å². The standard InChI is InChI=1S/C23H24N4O5S2/c28-23(25-17-19-11-13-24-14-12-19)22-18-26(33(29,30)20-7-3-1-4-8-20)15-16-27(22)34(31,32)21-9-5-2-6-10-21/h1-14,22H,15-18H2,(H,25,28)/t22-/m1/s1. The lowest BCUT2D eigenvalue weighted by atomic mass is 10.2. The maximum absolute atomic E-state index is 13.4. The highest BCUT2D eigenvalue weighted by Gasteiger charge is 2.43. The number of rotatable bonds is 7. The molecule has 0 aliphatic carbocycles. The van der Waals surface area contributed by atoms with Gasteiger partial charge in [-0.2, -0.15) is 8.61 Å². The van der Waals surface area contributed by atoms with Gasteiger partial charge in [-0.25, -0.2) is 16.8 Å². The van der Waals surface area contributed by atoms with E-state index in [1.807, 2.05) is 0 Å². The number of hydrogen-bond donors (Lipinski definition) is 1. The van der Waals surface area contributed by atoms with Crippen molar-refractivity contribution in [2.75, 3.05) is 19.6 Å². The van der Waals surface area contributed by atoms with E-state index in [1.54, 1.807) is 60.9 Å². The second kappa shape index (κ2) is 10.0. The van der Waals surface area contributed by atoms with Crippen molar-refractivity contribution in [1.29, 1.82) is 0 Å². The fourth-order valence-electron chi connectivity index (χ4n) is 3.74. The molecule has 1 aliphatic heterocycles. The number of pyridine rings is 1. The molecular formula is C23H24N4O5S2. The Bertz CT molecular complexity index is 1340. The van der Waals surface area contributed by atoms with Crippen molar-refractivity contribution in [3.05, 3.63) is 90.8 Å². The fraction of sp³-hybridized carbons (Fsp3) is 0.217. The number of aromatic nitrogens is 1. The van der Waals surface area contributed by atoms with Gasteiger partial charge < -0.3 is 5.32 Å². The van der Waals surface area contributed by atoms with Crippen LogP contribution in [0.1, 0.15) is 5.56 Å². The van der Waals surface area contributed by atoms with Crippen molar-refractivity contribution in [2.45, 2.75) is 22.4 Å². The highest BCUT2D eigenvalue weighted by molar-refractivity contribution is 7.89. The molecule has 1 fully saturated rings. The Kier molecular flexibility index (Phi) is 7.08. The number of sulfonamides is 2. The number of piperazine rings is 1. The van der Waals surface area contributed by atoms with Gasteiger partial charge in [-0.1, -0.05) is 36.4 Å². The summed E-state index contributed by atoms with van der Waals surface area (Å²) >= 11 is 0. The Morgan fingerprint density at radius 1 is 0.824 bits per heavy atom. The van der Waals surface area contributed by atoms with Crippen molar-refractivity contribution in [2.24, 2.45) is 0 Å². The number of amides is 1. The summed E-state index contributed by atoms with van der Waals surface area (Å²) < 4.78 is 55.4. The van der Waals surface area contributed by atoms with E-state index in [4.69, 9.17) is 0 Å². The summed E-state index contributed by atoms with van der Waals surface area (Å²) in [6, 6.07) is 17.9. The van der Waals surface area contributed by atoms with Gasteiger partial charge in [-0.05, 0) is 42.0 Å². The minimum atomic E-state index is -4.03. The summed E-state index contributed by atoms with van der Waals surface area (Å²) in [5.41, 5.74) is 0.783. The first-order valence-corrected chi connectivity index (χ1v) is 13.5. The van der Waals surface area contributed by atoms with Gasteiger partial charge in [0.15, 0.2) is 0 Å². The molecule has 1 atom stereocenters. The van der Waals surface area contributed by atoms with Crippen LogP contribution in [0.5, 0.6) is 0 Å².